The molecule has 0 radical (unpaired) electrons. The minimum Gasteiger partial charge on any atom is -0.355 e. The van der Waals surface area contributed by atoms with Gasteiger partial charge in [-0.15, -0.1) is 0 Å². The molecule has 2 saturated heterocycles. The minimum atomic E-state index is -0.0721. The number of hydrogen-bond donors (Lipinski definition) is 1. The Morgan fingerprint density at radius 1 is 1.08 bits per heavy atom. The van der Waals surface area contributed by atoms with Gasteiger partial charge in [0.25, 0.3) is 0 Å². The lowest BCUT2D eigenvalue weighted by atomic mass is 9.97. The molecule has 5 nitrogen and oxygen atoms in total. The van der Waals surface area contributed by atoms with Crippen LogP contribution in [0, 0.1) is 12.8 Å². The molecule has 1 aromatic rings. The molecule has 0 unspecified atom stereocenters. The summed E-state index contributed by atoms with van der Waals surface area (Å²) in [6.45, 7) is 5.82. The summed E-state index contributed by atoms with van der Waals surface area (Å²) in [6.07, 6.45) is 4.84. The Kier molecular flexibility index (Phi) is 5.95. The van der Waals surface area contributed by atoms with E-state index in [4.69, 9.17) is 0 Å². The molecule has 3 amide bonds. The minimum absolute atomic E-state index is 0.0721. The van der Waals surface area contributed by atoms with E-state index in [1.165, 1.54) is 11.1 Å². The number of rotatable bonds is 4. The molecule has 0 aromatic heterocycles. The largest absolute Gasteiger partial charge is 0.355 e. The number of carbonyl (C=O) groups is 2. The van der Waals surface area contributed by atoms with Crippen molar-refractivity contribution in [3.8, 4) is 0 Å². The van der Waals surface area contributed by atoms with Crippen LogP contribution in [-0.4, -0.2) is 54.5 Å². The molecule has 2 fully saturated rings. The second-order valence-electron chi connectivity index (χ2n) is 7.23. The zero-order valence-corrected chi connectivity index (χ0v) is 15.2. The lowest BCUT2D eigenvalue weighted by Gasteiger charge is -2.34. The number of likely N-dealkylation sites (tertiary alicyclic amines) is 2. The van der Waals surface area contributed by atoms with Crippen molar-refractivity contribution < 1.29 is 9.59 Å². The van der Waals surface area contributed by atoms with Crippen LogP contribution in [0.3, 0.4) is 0 Å². The summed E-state index contributed by atoms with van der Waals surface area (Å²) in [5.74, 6) is 0.0182. The fourth-order valence-electron chi connectivity index (χ4n) is 3.83. The van der Waals surface area contributed by atoms with E-state index in [1.54, 1.807) is 0 Å². The van der Waals surface area contributed by atoms with Crippen molar-refractivity contribution in [3.05, 3.63) is 35.4 Å². The molecule has 0 aliphatic carbocycles. The highest BCUT2D eigenvalue weighted by molar-refractivity contribution is 5.81. The molecule has 1 N–H and O–H groups in total. The summed E-state index contributed by atoms with van der Waals surface area (Å²) in [6, 6.07) is 8.40. The fraction of sp³-hybridized carbons (Fsp3) is 0.600. The molecule has 2 aliphatic heterocycles. The van der Waals surface area contributed by atoms with E-state index in [9.17, 15) is 9.59 Å². The van der Waals surface area contributed by atoms with E-state index in [-0.39, 0.29) is 17.9 Å². The molecule has 1 aromatic carbocycles. The van der Waals surface area contributed by atoms with Gasteiger partial charge in [0, 0.05) is 32.7 Å². The number of piperidine rings is 1. The zero-order valence-electron chi connectivity index (χ0n) is 15.2. The quantitative estimate of drug-likeness (QED) is 0.913. The van der Waals surface area contributed by atoms with Crippen LogP contribution in [-0.2, 0) is 11.2 Å². The number of nitrogens with zero attached hydrogens (tertiary/aromatic N) is 2. The van der Waals surface area contributed by atoms with Crippen molar-refractivity contribution in [1.29, 1.82) is 0 Å². The standard InChI is InChI=1S/C20H29N3O2/c1-16-7-2-3-8-17(16)10-11-21-19(24)18-9-6-14-23(15-18)20(25)22-12-4-5-13-22/h2-3,7-8,18H,4-6,9-15H2,1H3,(H,21,24)/t18-/m1/s1. The molecule has 136 valence electrons. The first-order valence-corrected chi connectivity index (χ1v) is 9.51. The van der Waals surface area contributed by atoms with Crippen molar-refractivity contribution in [1.82, 2.24) is 15.1 Å². The fourth-order valence-corrected chi connectivity index (χ4v) is 3.83. The van der Waals surface area contributed by atoms with Crippen LogP contribution in [0.25, 0.3) is 0 Å². The molecule has 2 aliphatic rings. The van der Waals surface area contributed by atoms with Gasteiger partial charge in [-0.25, -0.2) is 4.79 Å². The molecule has 0 bridgehead atoms. The Bertz CT molecular complexity index is 611. The number of amides is 3. The maximum Gasteiger partial charge on any atom is 0.320 e. The highest BCUT2D eigenvalue weighted by atomic mass is 16.2. The molecular formula is C20H29N3O2. The highest BCUT2D eigenvalue weighted by Crippen LogP contribution is 2.20. The topological polar surface area (TPSA) is 52.7 Å². The number of carbonyl (C=O) groups excluding carboxylic acids is 2. The number of hydrogen-bond acceptors (Lipinski definition) is 2. The van der Waals surface area contributed by atoms with Gasteiger partial charge < -0.3 is 15.1 Å². The van der Waals surface area contributed by atoms with E-state index < -0.39 is 0 Å². The van der Waals surface area contributed by atoms with Crippen LogP contribution in [0.1, 0.15) is 36.8 Å². The Labute approximate surface area is 150 Å². The Balaban J connectivity index is 1.46. The Morgan fingerprint density at radius 3 is 2.56 bits per heavy atom. The smallest absolute Gasteiger partial charge is 0.320 e. The average molecular weight is 343 g/mol. The third-order valence-corrected chi connectivity index (χ3v) is 5.39. The molecule has 1 atom stereocenters. The van der Waals surface area contributed by atoms with Gasteiger partial charge in [0.15, 0.2) is 0 Å². The number of benzene rings is 1. The van der Waals surface area contributed by atoms with Gasteiger partial charge >= 0.3 is 6.03 Å². The summed E-state index contributed by atoms with van der Waals surface area (Å²) in [5.41, 5.74) is 2.54. The van der Waals surface area contributed by atoms with Crippen molar-refractivity contribution in [2.75, 3.05) is 32.7 Å². The number of urea groups is 1. The van der Waals surface area contributed by atoms with Gasteiger partial charge in [-0.05, 0) is 50.2 Å². The molecule has 0 saturated carbocycles. The van der Waals surface area contributed by atoms with E-state index in [1.807, 2.05) is 21.9 Å². The second kappa shape index (κ2) is 8.37. The van der Waals surface area contributed by atoms with Crippen molar-refractivity contribution >= 4 is 11.9 Å². The zero-order chi connectivity index (χ0) is 17.6. The Hall–Kier alpha value is -2.04. The first-order valence-electron chi connectivity index (χ1n) is 9.51. The molecule has 5 heteroatoms. The van der Waals surface area contributed by atoms with E-state index >= 15 is 0 Å². The van der Waals surface area contributed by atoms with Crippen LogP contribution in [0.2, 0.25) is 0 Å². The van der Waals surface area contributed by atoms with Gasteiger partial charge in [0.05, 0.1) is 5.92 Å². The summed E-state index contributed by atoms with van der Waals surface area (Å²) in [5, 5.41) is 3.07. The molecular weight excluding hydrogens is 314 g/mol. The molecule has 2 heterocycles. The van der Waals surface area contributed by atoms with E-state index in [0.29, 0.717) is 13.1 Å². The van der Waals surface area contributed by atoms with Crippen LogP contribution in [0.15, 0.2) is 24.3 Å². The Morgan fingerprint density at radius 2 is 1.80 bits per heavy atom. The highest BCUT2D eigenvalue weighted by Gasteiger charge is 2.31. The van der Waals surface area contributed by atoms with Gasteiger partial charge in [-0.1, -0.05) is 24.3 Å². The second-order valence-corrected chi connectivity index (χ2v) is 7.23. The van der Waals surface area contributed by atoms with Crippen molar-refractivity contribution in [2.45, 2.75) is 39.0 Å². The van der Waals surface area contributed by atoms with Crippen LogP contribution >= 0.6 is 0 Å². The summed E-state index contributed by atoms with van der Waals surface area (Å²) >= 11 is 0. The number of aryl methyl sites for hydroxylation is 1. The summed E-state index contributed by atoms with van der Waals surface area (Å²) in [4.78, 5) is 28.8. The van der Waals surface area contributed by atoms with Gasteiger partial charge in [0.2, 0.25) is 5.91 Å². The number of nitrogens with one attached hydrogen (secondary N) is 1. The maximum absolute atomic E-state index is 12.5. The maximum atomic E-state index is 12.5. The van der Waals surface area contributed by atoms with Crippen LogP contribution in [0.5, 0.6) is 0 Å². The molecule has 3 rings (SSSR count). The normalized spacial score (nSPS) is 20.6. The first kappa shape index (κ1) is 17.8. The van der Waals surface area contributed by atoms with Gasteiger partial charge in [0.1, 0.15) is 0 Å². The summed E-state index contributed by atoms with van der Waals surface area (Å²) in [7, 11) is 0. The summed E-state index contributed by atoms with van der Waals surface area (Å²) < 4.78 is 0. The monoisotopic (exact) mass is 343 g/mol. The van der Waals surface area contributed by atoms with Gasteiger partial charge in [-0.2, -0.15) is 0 Å². The first-order chi connectivity index (χ1) is 12.1. The molecule has 0 spiro atoms. The molecule has 25 heavy (non-hydrogen) atoms. The van der Waals surface area contributed by atoms with E-state index in [0.717, 1.165) is 51.7 Å². The third kappa shape index (κ3) is 4.53. The predicted molar refractivity (Wildman–Crippen MR) is 98.4 cm³/mol. The average Bonchev–Trinajstić information content (AvgIpc) is 3.17. The van der Waals surface area contributed by atoms with Crippen molar-refractivity contribution in [2.24, 2.45) is 5.92 Å². The third-order valence-electron chi connectivity index (χ3n) is 5.39. The lowest BCUT2D eigenvalue weighted by Crippen LogP contribution is -2.49. The van der Waals surface area contributed by atoms with Gasteiger partial charge in [-0.3, -0.25) is 4.79 Å². The predicted octanol–water partition coefficient (Wildman–Crippen LogP) is 2.58. The van der Waals surface area contributed by atoms with Crippen LogP contribution < -0.4 is 5.32 Å². The SMILES string of the molecule is Cc1ccccc1CCNC(=O)[C@@H]1CCCN(C(=O)N2CCCC2)C1. The van der Waals surface area contributed by atoms with Crippen molar-refractivity contribution in [3.63, 3.8) is 0 Å². The lowest BCUT2D eigenvalue weighted by molar-refractivity contribution is -0.126. The van der Waals surface area contributed by atoms with E-state index in [2.05, 4.69) is 24.4 Å². The van der Waals surface area contributed by atoms with Crippen LogP contribution in [0.4, 0.5) is 4.79 Å².